The maximum absolute atomic E-state index is 13.3. The first-order valence-electron chi connectivity index (χ1n) is 12.0. The fraction of sp³-hybridized carbons (Fsp3) is 0.286. The number of rotatable bonds is 7. The molecule has 2 aliphatic rings. The average molecular weight is 517 g/mol. The van der Waals surface area contributed by atoms with E-state index in [0.717, 1.165) is 6.42 Å². The minimum Gasteiger partial charge on any atom is -0.496 e. The summed E-state index contributed by atoms with van der Waals surface area (Å²) in [6.07, 6.45) is 1.25. The maximum atomic E-state index is 13.3. The fourth-order valence-corrected chi connectivity index (χ4v) is 4.89. The van der Waals surface area contributed by atoms with Crippen molar-refractivity contribution in [3.05, 3.63) is 82.3 Å². The van der Waals surface area contributed by atoms with Gasteiger partial charge in [-0.1, -0.05) is 30.3 Å². The van der Waals surface area contributed by atoms with Gasteiger partial charge < -0.3 is 24.8 Å². The zero-order valence-corrected chi connectivity index (χ0v) is 21.4. The molecular formula is C28H28N4O6. The van der Waals surface area contributed by atoms with Gasteiger partial charge in [0.1, 0.15) is 17.3 Å². The molecule has 1 unspecified atom stereocenters. The molecule has 0 radical (unpaired) electrons. The number of carbonyl (C=O) groups excluding carboxylic acids is 3. The summed E-state index contributed by atoms with van der Waals surface area (Å²) in [5.41, 5.74) is 8.02. The van der Waals surface area contributed by atoms with Crippen molar-refractivity contribution in [2.45, 2.75) is 25.3 Å². The number of methoxy groups -OCH3 is 3. The number of amides is 1. The van der Waals surface area contributed by atoms with Gasteiger partial charge in [-0.3, -0.25) is 9.69 Å². The molecule has 1 atom stereocenters. The summed E-state index contributed by atoms with van der Waals surface area (Å²) >= 11 is 0. The van der Waals surface area contributed by atoms with Crippen molar-refractivity contribution in [1.29, 1.82) is 5.26 Å². The standard InChI is InChI=1S/C28H28N4O6/c1-36-21-12-11-19(14-18(21)16-31-13-7-10-22(31)33)32-25(28(35)38-3)24(27(34)37-2)23(20(15-29)26(32)30)17-8-5-4-6-9-17/h4-6,8-9,11-12,14,23H,7,10,13,16,30H2,1-3H3. The quantitative estimate of drug-likeness (QED) is 0.551. The molecule has 0 aliphatic carbocycles. The molecule has 1 fully saturated rings. The van der Waals surface area contributed by atoms with Crippen molar-refractivity contribution in [1.82, 2.24) is 4.90 Å². The second-order valence-electron chi connectivity index (χ2n) is 8.75. The lowest BCUT2D eigenvalue weighted by Gasteiger charge is -2.36. The molecule has 0 bridgehead atoms. The van der Waals surface area contributed by atoms with Gasteiger partial charge in [0.2, 0.25) is 5.91 Å². The molecule has 0 aromatic heterocycles. The summed E-state index contributed by atoms with van der Waals surface area (Å²) < 4.78 is 15.7. The van der Waals surface area contributed by atoms with Gasteiger partial charge in [0.05, 0.1) is 44.5 Å². The second-order valence-corrected chi connectivity index (χ2v) is 8.75. The third-order valence-electron chi connectivity index (χ3n) is 6.67. The number of nitriles is 1. The number of anilines is 1. The van der Waals surface area contributed by atoms with Gasteiger partial charge in [0, 0.05) is 30.8 Å². The van der Waals surface area contributed by atoms with E-state index in [0.29, 0.717) is 35.5 Å². The van der Waals surface area contributed by atoms with Crippen LogP contribution in [0.25, 0.3) is 0 Å². The van der Waals surface area contributed by atoms with E-state index in [1.54, 1.807) is 53.4 Å². The lowest BCUT2D eigenvalue weighted by molar-refractivity contribution is -0.139. The van der Waals surface area contributed by atoms with Crippen molar-refractivity contribution in [3.63, 3.8) is 0 Å². The summed E-state index contributed by atoms with van der Waals surface area (Å²) in [7, 11) is 3.91. The van der Waals surface area contributed by atoms with E-state index in [1.165, 1.54) is 26.2 Å². The van der Waals surface area contributed by atoms with Crippen molar-refractivity contribution in [2.24, 2.45) is 5.73 Å². The molecule has 10 nitrogen and oxygen atoms in total. The first kappa shape index (κ1) is 26.3. The molecule has 38 heavy (non-hydrogen) atoms. The number of nitrogens with zero attached hydrogens (tertiary/aromatic N) is 3. The first-order chi connectivity index (χ1) is 18.4. The van der Waals surface area contributed by atoms with Crippen molar-refractivity contribution < 1.29 is 28.6 Å². The largest absolute Gasteiger partial charge is 0.496 e. The molecule has 4 rings (SSSR count). The van der Waals surface area contributed by atoms with Gasteiger partial charge in [0.15, 0.2) is 0 Å². The predicted molar refractivity (Wildman–Crippen MR) is 137 cm³/mol. The van der Waals surface area contributed by atoms with Gasteiger partial charge >= 0.3 is 11.9 Å². The van der Waals surface area contributed by atoms with E-state index in [2.05, 4.69) is 6.07 Å². The van der Waals surface area contributed by atoms with Gasteiger partial charge in [-0.2, -0.15) is 5.26 Å². The van der Waals surface area contributed by atoms with Crippen LogP contribution in [0.5, 0.6) is 5.75 Å². The zero-order valence-electron chi connectivity index (χ0n) is 21.4. The number of benzene rings is 2. The van der Waals surface area contributed by atoms with Gasteiger partial charge in [-0.25, -0.2) is 9.59 Å². The van der Waals surface area contributed by atoms with Crippen molar-refractivity contribution >= 4 is 23.5 Å². The second kappa shape index (κ2) is 11.1. The molecule has 0 spiro atoms. The van der Waals surface area contributed by atoms with E-state index in [4.69, 9.17) is 19.9 Å². The minimum atomic E-state index is -0.959. The molecule has 2 aliphatic heterocycles. The molecule has 2 heterocycles. The molecule has 1 saturated heterocycles. The van der Waals surface area contributed by atoms with Crippen LogP contribution in [0.15, 0.2) is 71.2 Å². The summed E-state index contributed by atoms with van der Waals surface area (Å²) in [5.74, 6) is -2.07. The molecule has 1 amide bonds. The lowest BCUT2D eigenvalue weighted by atomic mass is 9.81. The fourth-order valence-electron chi connectivity index (χ4n) is 4.89. The Bertz CT molecular complexity index is 1380. The number of nitrogens with two attached hydrogens (primary N) is 1. The summed E-state index contributed by atoms with van der Waals surface area (Å²) in [5, 5.41) is 10.2. The van der Waals surface area contributed by atoms with Gasteiger partial charge in [-0.15, -0.1) is 0 Å². The van der Waals surface area contributed by atoms with E-state index < -0.39 is 17.9 Å². The van der Waals surface area contributed by atoms with Gasteiger partial charge in [-0.05, 0) is 30.2 Å². The van der Waals surface area contributed by atoms with E-state index in [-0.39, 0.29) is 35.1 Å². The van der Waals surface area contributed by atoms with Crippen LogP contribution in [0.1, 0.15) is 29.9 Å². The Balaban J connectivity index is 1.96. The molecule has 2 N–H and O–H groups in total. The van der Waals surface area contributed by atoms with Crippen LogP contribution >= 0.6 is 0 Å². The number of hydrogen-bond acceptors (Lipinski definition) is 9. The molecule has 0 saturated carbocycles. The Kier molecular flexibility index (Phi) is 7.67. The number of ether oxygens (including phenoxy) is 3. The number of allylic oxidation sites excluding steroid dienone is 1. The third-order valence-corrected chi connectivity index (χ3v) is 6.67. The topological polar surface area (TPSA) is 135 Å². The molecule has 2 aromatic carbocycles. The predicted octanol–water partition coefficient (Wildman–Crippen LogP) is 2.72. The Labute approximate surface area is 220 Å². The lowest BCUT2D eigenvalue weighted by Crippen LogP contribution is -2.40. The zero-order chi connectivity index (χ0) is 27.4. The van der Waals surface area contributed by atoms with Crippen molar-refractivity contribution in [2.75, 3.05) is 32.8 Å². The normalized spacial score (nSPS) is 17.4. The smallest absolute Gasteiger partial charge is 0.355 e. The molecule has 196 valence electrons. The Hall–Kier alpha value is -4.78. The van der Waals surface area contributed by atoms with Crippen LogP contribution in [0, 0.1) is 11.3 Å². The monoisotopic (exact) mass is 516 g/mol. The Morgan fingerprint density at radius 2 is 1.79 bits per heavy atom. The van der Waals surface area contributed by atoms with E-state index >= 15 is 0 Å². The Morgan fingerprint density at radius 1 is 1.08 bits per heavy atom. The number of likely N-dealkylation sites (tertiary alicyclic amines) is 1. The van der Waals surface area contributed by atoms with Crippen LogP contribution in [0.2, 0.25) is 0 Å². The highest BCUT2D eigenvalue weighted by Crippen LogP contribution is 2.43. The van der Waals surface area contributed by atoms with Gasteiger partial charge in [0.25, 0.3) is 0 Å². The highest BCUT2D eigenvalue weighted by atomic mass is 16.5. The SMILES string of the molecule is COC(=O)C1=C(C(=O)OC)N(c2ccc(OC)c(CN3CCCC3=O)c2)C(N)=C(C#N)C1c1ccccc1. The van der Waals surface area contributed by atoms with Crippen LogP contribution in [-0.4, -0.2) is 50.6 Å². The molecule has 10 heteroatoms. The summed E-state index contributed by atoms with van der Waals surface area (Å²) in [4.78, 5) is 41.8. The highest BCUT2D eigenvalue weighted by molar-refractivity contribution is 6.06. The highest BCUT2D eigenvalue weighted by Gasteiger charge is 2.43. The average Bonchev–Trinajstić information content (AvgIpc) is 3.35. The van der Waals surface area contributed by atoms with Crippen LogP contribution < -0.4 is 15.4 Å². The van der Waals surface area contributed by atoms with Crippen LogP contribution in [0.4, 0.5) is 5.69 Å². The molecular weight excluding hydrogens is 488 g/mol. The number of carbonyl (C=O) groups is 3. The minimum absolute atomic E-state index is 0.0374. The van der Waals surface area contributed by atoms with Crippen LogP contribution in [0.3, 0.4) is 0 Å². The number of hydrogen-bond donors (Lipinski definition) is 1. The summed E-state index contributed by atoms with van der Waals surface area (Å²) in [6.45, 7) is 0.904. The summed E-state index contributed by atoms with van der Waals surface area (Å²) in [6, 6.07) is 16.0. The molecule has 2 aromatic rings. The van der Waals surface area contributed by atoms with E-state index in [9.17, 15) is 19.6 Å². The Morgan fingerprint density at radius 3 is 2.37 bits per heavy atom. The van der Waals surface area contributed by atoms with Crippen molar-refractivity contribution in [3.8, 4) is 11.8 Å². The van der Waals surface area contributed by atoms with E-state index in [1.807, 2.05) is 0 Å². The number of esters is 2. The first-order valence-corrected chi connectivity index (χ1v) is 12.0. The van der Waals surface area contributed by atoms with Crippen LogP contribution in [-0.2, 0) is 30.4 Å². The maximum Gasteiger partial charge on any atom is 0.355 e. The third kappa shape index (κ3) is 4.66.